The summed E-state index contributed by atoms with van der Waals surface area (Å²) in [6.45, 7) is 2.34. The van der Waals surface area contributed by atoms with Crippen molar-refractivity contribution in [1.29, 1.82) is 0 Å². The van der Waals surface area contributed by atoms with E-state index in [1.807, 2.05) is 4.90 Å². The standard InChI is InChI=1S/C16H19N9O/c26-11-4-1-8-25(11)9-3-7-17-13-12-14(21-10-20-13)23-16(22-12)24-15-18-5-2-6-19-15/h2,5-6,10H,1,3-4,7-9H2,(H3,17,18,19,20,21,22,23,24). The molecule has 1 aliphatic rings. The van der Waals surface area contributed by atoms with Gasteiger partial charge in [-0.05, 0) is 18.9 Å². The molecule has 0 bridgehead atoms. The first-order valence-electron chi connectivity index (χ1n) is 8.56. The van der Waals surface area contributed by atoms with Crippen LogP contribution in [0.5, 0.6) is 0 Å². The van der Waals surface area contributed by atoms with Gasteiger partial charge in [-0.3, -0.25) is 10.1 Å². The van der Waals surface area contributed by atoms with E-state index < -0.39 is 0 Å². The lowest BCUT2D eigenvalue weighted by atomic mass is 10.3. The number of nitrogens with one attached hydrogen (secondary N) is 3. The first-order valence-corrected chi connectivity index (χ1v) is 8.56. The van der Waals surface area contributed by atoms with E-state index in [0.717, 1.165) is 25.9 Å². The van der Waals surface area contributed by atoms with Crippen molar-refractivity contribution in [1.82, 2.24) is 34.8 Å². The monoisotopic (exact) mass is 353 g/mol. The molecule has 0 aliphatic carbocycles. The van der Waals surface area contributed by atoms with Crippen molar-refractivity contribution in [2.75, 3.05) is 30.3 Å². The zero-order valence-electron chi connectivity index (χ0n) is 14.1. The molecule has 3 N–H and O–H groups in total. The molecule has 0 spiro atoms. The summed E-state index contributed by atoms with van der Waals surface area (Å²) in [5, 5.41) is 6.29. The molecule has 0 unspecified atom stereocenters. The Hall–Kier alpha value is -3.30. The summed E-state index contributed by atoms with van der Waals surface area (Å²) >= 11 is 0. The minimum Gasteiger partial charge on any atom is -0.368 e. The Labute approximate surface area is 149 Å². The number of nitrogens with zero attached hydrogens (tertiary/aromatic N) is 6. The van der Waals surface area contributed by atoms with Crippen LogP contribution in [0.15, 0.2) is 24.8 Å². The summed E-state index contributed by atoms with van der Waals surface area (Å²) in [5.41, 5.74) is 1.26. The van der Waals surface area contributed by atoms with E-state index in [2.05, 4.69) is 40.5 Å². The summed E-state index contributed by atoms with van der Waals surface area (Å²) < 4.78 is 0. The summed E-state index contributed by atoms with van der Waals surface area (Å²) in [4.78, 5) is 37.7. The van der Waals surface area contributed by atoms with Gasteiger partial charge in [0.25, 0.3) is 0 Å². The van der Waals surface area contributed by atoms with Crippen molar-refractivity contribution < 1.29 is 4.79 Å². The normalized spacial score (nSPS) is 14.2. The lowest BCUT2D eigenvalue weighted by Crippen LogP contribution is -2.27. The maximum Gasteiger partial charge on any atom is 0.229 e. The summed E-state index contributed by atoms with van der Waals surface area (Å²) in [7, 11) is 0. The molecule has 1 saturated heterocycles. The van der Waals surface area contributed by atoms with Crippen LogP contribution in [0.2, 0.25) is 0 Å². The number of imidazole rings is 1. The molecule has 0 aromatic carbocycles. The number of likely N-dealkylation sites (tertiary alicyclic amines) is 1. The topological polar surface area (TPSA) is 125 Å². The number of aromatic nitrogens is 6. The van der Waals surface area contributed by atoms with Gasteiger partial charge in [0.2, 0.25) is 17.8 Å². The number of amides is 1. The van der Waals surface area contributed by atoms with Crippen molar-refractivity contribution in [3.63, 3.8) is 0 Å². The van der Waals surface area contributed by atoms with Gasteiger partial charge in [0, 0.05) is 38.4 Å². The van der Waals surface area contributed by atoms with Crippen LogP contribution in [0.4, 0.5) is 17.7 Å². The van der Waals surface area contributed by atoms with Crippen LogP contribution in [0.25, 0.3) is 11.2 Å². The van der Waals surface area contributed by atoms with Crippen molar-refractivity contribution in [2.45, 2.75) is 19.3 Å². The number of H-pyrrole nitrogens is 1. The molecule has 10 nitrogen and oxygen atoms in total. The third-order valence-corrected chi connectivity index (χ3v) is 4.15. The molecule has 0 atom stereocenters. The zero-order chi connectivity index (χ0) is 17.8. The van der Waals surface area contributed by atoms with E-state index in [-0.39, 0.29) is 5.91 Å². The van der Waals surface area contributed by atoms with Gasteiger partial charge in [-0.1, -0.05) is 0 Å². The van der Waals surface area contributed by atoms with Crippen LogP contribution in [0, 0.1) is 0 Å². The quantitative estimate of drug-likeness (QED) is 0.543. The third-order valence-electron chi connectivity index (χ3n) is 4.15. The second-order valence-corrected chi connectivity index (χ2v) is 5.97. The molecule has 4 heterocycles. The molecule has 1 fully saturated rings. The van der Waals surface area contributed by atoms with E-state index in [4.69, 9.17) is 0 Å². The molecule has 134 valence electrons. The summed E-state index contributed by atoms with van der Waals surface area (Å²) in [5.74, 6) is 1.88. The van der Waals surface area contributed by atoms with Crippen molar-refractivity contribution in [3.05, 3.63) is 24.8 Å². The van der Waals surface area contributed by atoms with Gasteiger partial charge in [0.05, 0.1) is 0 Å². The minimum absolute atomic E-state index is 0.252. The predicted octanol–water partition coefficient (Wildman–Crippen LogP) is 1.31. The maximum atomic E-state index is 11.6. The van der Waals surface area contributed by atoms with Crippen LogP contribution in [0.1, 0.15) is 19.3 Å². The minimum atomic E-state index is 0.252. The van der Waals surface area contributed by atoms with Crippen molar-refractivity contribution >= 4 is 34.8 Å². The van der Waals surface area contributed by atoms with E-state index in [0.29, 0.717) is 41.8 Å². The molecule has 0 saturated carbocycles. The molecule has 26 heavy (non-hydrogen) atoms. The number of hydrogen-bond donors (Lipinski definition) is 3. The Morgan fingerprint density at radius 1 is 1.19 bits per heavy atom. The van der Waals surface area contributed by atoms with Crippen molar-refractivity contribution in [2.24, 2.45) is 0 Å². The molecule has 4 rings (SSSR count). The van der Waals surface area contributed by atoms with Crippen molar-refractivity contribution in [3.8, 4) is 0 Å². The van der Waals surface area contributed by atoms with Crippen LogP contribution >= 0.6 is 0 Å². The largest absolute Gasteiger partial charge is 0.368 e. The average Bonchev–Trinajstić information content (AvgIpc) is 3.25. The zero-order valence-corrected chi connectivity index (χ0v) is 14.1. The fourth-order valence-corrected chi connectivity index (χ4v) is 2.91. The number of carbonyl (C=O) groups excluding carboxylic acids is 1. The lowest BCUT2D eigenvalue weighted by Gasteiger charge is -2.15. The number of aromatic amines is 1. The Morgan fingerprint density at radius 3 is 2.88 bits per heavy atom. The number of anilines is 3. The van der Waals surface area contributed by atoms with E-state index in [1.54, 1.807) is 18.5 Å². The highest BCUT2D eigenvalue weighted by Gasteiger charge is 2.19. The highest BCUT2D eigenvalue weighted by atomic mass is 16.2. The summed E-state index contributed by atoms with van der Waals surface area (Å²) in [6.07, 6.45) is 7.27. The number of carbonyl (C=O) groups is 1. The van der Waals surface area contributed by atoms with Gasteiger partial charge in [-0.2, -0.15) is 4.98 Å². The van der Waals surface area contributed by atoms with Crippen LogP contribution in [0.3, 0.4) is 0 Å². The lowest BCUT2D eigenvalue weighted by molar-refractivity contribution is -0.127. The third kappa shape index (κ3) is 3.53. The number of fused-ring (bicyclic) bond motifs is 1. The van der Waals surface area contributed by atoms with E-state index in [9.17, 15) is 4.79 Å². The molecule has 1 aliphatic heterocycles. The van der Waals surface area contributed by atoms with Gasteiger partial charge in [0.1, 0.15) is 11.8 Å². The van der Waals surface area contributed by atoms with E-state index in [1.165, 1.54) is 6.33 Å². The molecule has 0 radical (unpaired) electrons. The first kappa shape index (κ1) is 16.2. The molecule has 3 aromatic heterocycles. The molecular weight excluding hydrogens is 334 g/mol. The Morgan fingerprint density at radius 2 is 2.08 bits per heavy atom. The van der Waals surface area contributed by atoms with E-state index >= 15 is 0 Å². The highest BCUT2D eigenvalue weighted by molar-refractivity contribution is 5.84. The smallest absolute Gasteiger partial charge is 0.229 e. The van der Waals surface area contributed by atoms with Gasteiger partial charge in [-0.25, -0.2) is 19.9 Å². The van der Waals surface area contributed by atoms with Gasteiger partial charge < -0.3 is 15.2 Å². The SMILES string of the molecule is O=C1CCCN1CCCNc1ncnc2nc(Nc3ncccn3)[nH]c12. The fraction of sp³-hybridized carbons (Fsp3) is 0.375. The molecular formula is C16H19N9O. The fourth-order valence-electron chi connectivity index (χ4n) is 2.91. The van der Waals surface area contributed by atoms with Gasteiger partial charge >= 0.3 is 0 Å². The second kappa shape index (κ2) is 7.30. The Kier molecular flexibility index (Phi) is 4.54. The second-order valence-electron chi connectivity index (χ2n) is 5.97. The highest BCUT2D eigenvalue weighted by Crippen LogP contribution is 2.20. The van der Waals surface area contributed by atoms with Crippen LogP contribution in [-0.4, -0.2) is 60.3 Å². The maximum absolute atomic E-state index is 11.6. The van der Waals surface area contributed by atoms with Gasteiger partial charge in [-0.15, -0.1) is 0 Å². The number of hydrogen-bond acceptors (Lipinski definition) is 8. The van der Waals surface area contributed by atoms with Crippen LogP contribution < -0.4 is 10.6 Å². The molecule has 3 aromatic rings. The molecule has 1 amide bonds. The molecule has 10 heteroatoms. The summed E-state index contributed by atoms with van der Waals surface area (Å²) in [6, 6.07) is 1.74. The first-order chi connectivity index (χ1) is 12.8. The Bertz CT molecular complexity index is 895. The number of rotatable bonds is 7. The Balaban J connectivity index is 1.40. The van der Waals surface area contributed by atoms with Crippen LogP contribution in [-0.2, 0) is 4.79 Å². The van der Waals surface area contributed by atoms with Gasteiger partial charge in [0.15, 0.2) is 11.5 Å². The average molecular weight is 353 g/mol. The predicted molar refractivity (Wildman–Crippen MR) is 95.9 cm³/mol.